The second-order valence-electron chi connectivity index (χ2n) is 5.83. The molecule has 104 valence electrons. The molecule has 1 aliphatic heterocycles. The highest BCUT2D eigenvalue weighted by atomic mass is 15.2. The van der Waals surface area contributed by atoms with Crippen molar-refractivity contribution in [1.82, 2.24) is 9.97 Å². The Labute approximate surface area is 115 Å². The van der Waals surface area contributed by atoms with Crippen LogP contribution in [0.4, 0.5) is 5.95 Å². The Morgan fingerprint density at radius 3 is 2.63 bits per heavy atom. The zero-order valence-corrected chi connectivity index (χ0v) is 11.6. The monoisotopic (exact) mass is 260 g/mol. The van der Waals surface area contributed by atoms with Gasteiger partial charge in [0.1, 0.15) is 0 Å². The van der Waals surface area contributed by atoms with Crippen molar-refractivity contribution in [3.05, 3.63) is 17.5 Å². The van der Waals surface area contributed by atoms with Crippen LogP contribution in [0.15, 0.2) is 6.20 Å². The van der Waals surface area contributed by atoms with Crippen LogP contribution < -0.4 is 10.6 Å². The fourth-order valence-corrected chi connectivity index (χ4v) is 3.16. The van der Waals surface area contributed by atoms with Gasteiger partial charge in [0.25, 0.3) is 0 Å². The predicted octanol–water partition coefficient (Wildman–Crippen LogP) is 2.58. The number of nitrogens with two attached hydrogens (primary N) is 1. The minimum absolute atomic E-state index is 0.135. The maximum Gasteiger partial charge on any atom is 0.225 e. The van der Waals surface area contributed by atoms with E-state index in [0.717, 1.165) is 31.9 Å². The van der Waals surface area contributed by atoms with Crippen LogP contribution in [0.2, 0.25) is 0 Å². The molecule has 1 atom stereocenters. The number of aryl methyl sites for hydroxylation is 1. The molecular weight excluding hydrogens is 236 g/mol. The van der Waals surface area contributed by atoms with E-state index in [1.54, 1.807) is 0 Å². The summed E-state index contributed by atoms with van der Waals surface area (Å²) in [5.41, 5.74) is 8.58. The molecule has 4 nitrogen and oxygen atoms in total. The lowest BCUT2D eigenvalue weighted by Crippen LogP contribution is -2.27. The van der Waals surface area contributed by atoms with Gasteiger partial charge in [0.2, 0.25) is 5.95 Å². The molecule has 0 spiro atoms. The third kappa shape index (κ3) is 2.89. The summed E-state index contributed by atoms with van der Waals surface area (Å²) in [4.78, 5) is 11.8. The van der Waals surface area contributed by atoms with Crippen molar-refractivity contribution >= 4 is 5.95 Å². The van der Waals surface area contributed by atoms with Crippen molar-refractivity contribution < 1.29 is 0 Å². The SMILES string of the molecule is NC1CCCCc2nc(N3CCCCCC3)ncc21. The van der Waals surface area contributed by atoms with E-state index in [9.17, 15) is 0 Å². The molecule has 2 heterocycles. The van der Waals surface area contributed by atoms with Gasteiger partial charge in [-0.15, -0.1) is 0 Å². The van der Waals surface area contributed by atoms with E-state index in [4.69, 9.17) is 10.7 Å². The molecule has 0 bridgehead atoms. The summed E-state index contributed by atoms with van der Waals surface area (Å²) in [6.45, 7) is 2.20. The normalized spacial score (nSPS) is 24.5. The van der Waals surface area contributed by atoms with Crippen molar-refractivity contribution in [3.63, 3.8) is 0 Å². The fraction of sp³-hybridized carbons (Fsp3) is 0.733. The Morgan fingerprint density at radius 2 is 1.84 bits per heavy atom. The first-order chi connectivity index (χ1) is 9.34. The molecule has 0 radical (unpaired) electrons. The summed E-state index contributed by atoms with van der Waals surface area (Å²) in [5, 5.41) is 0. The predicted molar refractivity (Wildman–Crippen MR) is 77.2 cm³/mol. The highest BCUT2D eigenvalue weighted by molar-refractivity contribution is 5.35. The van der Waals surface area contributed by atoms with E-state index in [1.165, 1.54) is 49.8 Å². The molecule has 19 heavy (non-hydrogen) atoms. The van der Waals surface area contributed by atoms with E-state index in [1.807, 2.05) is 6.20 Å². The Morgan fingerprint density at radius 1 is 1.05 bits per heavy atom. The molecule has 0 saturated carbocycles. The summed E-state index contributed by atoms with van der Waals surface area (Å²) >= 11 is 0. The van der Waals surface area contributed by atoms with Crippen molar-refractivity contribution in [2.24, 2.45) is 5.73 Å². The first-order valence-electron chi connectivity index (χ1n) is 7.71. The van der Waals surface area contributed by atoms with Crippen LogP contribution >= 0.6 is 0 Å². The lowest BCUT2D eigenvalue weighted by atomic mass is 10.1. The van der Waals surface area contributed by atoms with E-state index >= 15 is 0 Å². The highest BCUT2D eigenvalue weighted by Crippen LogP contribution is 2.26. The van der Waals surface area contributed by atoms with Gasteiger partial charge in [0, 0.05) is 30.9 Å². The van der Waals surface area contributed by atoms with Gasteiger partial charge in [-0.25, -0.2) is 9.97 Å². The van der Waals surface area contributed by atoms with Crippen LogP contribution in [0, 0.1) is 0 Å². The molecule has 1 aromatic rings. The smallest absolute Gasteiger partial charge is 0.225 e. The highest BCUT2D eigenvalue weighted by Gasteiger charge is 2.19. The van der Waals surface area contributed by atoms with Crippen molar-refractivity contribution in [2.45, 2.75) is 57.4 Å². The fourth-order valence-electron chi connectivity index (χ4n) is 3.16. The van der Waals surface area contributed by atoms with Gasteiger partial charge in [-0.05, 0) is 32.1 Å². The van der Waals surface area contributed by atoms with Gasteiger partial charge in [-0.3, -0.25) is 0 Å². The lowest BCUT2D eigenvalue weighted by Gasteiger charge is -2.21. The topological polar surface area (TPSA) is 55.0 Å². The van der Waals surface area contributed by atoms with Crippen molar-refractivity contribution in [3.8, 4) is 0 Å². The minimum atomic E-state index is 0.135. The largest absolute Gasteiger partial charge is 0.341 e. The van der Waals surface area contributed by atoms with E-state index in [0.29, 0.717) is 0 Å². The molecule has 1 aromatic heterocycles. The van der Waals surface area contributed by atoms with Crippen LogP contribution in [-0.4, -0.2) is 23.1 Å². The number of hydrogen-bond acceptors (Lipinski definition) is 4. The second-order valence-corrected chi connectivity index (χ2v) is 5.83. The quantitative estimate of drug-likeness (QED) is 0.789. The number of rotatable bonds is 1. The molecule has 0 aromatic carbocycles. The molecular formula is C15H24N4. The molecule has 1 saturated heterocycles. The zero-order chi connectivity index (χ0) is 13.1. The van der Waals surface area contributed by atoms with Crippen LogP contribution in [-0.2, 0) is 6.42 Å². The third-order valence-corrected chi connectivity index (χ3v) is 4.35. The summed E-state index contributed by atoms with van der Waals surface area (Å²) in [6, 6.07) is 0.135. The van der Waals surface area contributed by atoms with Gasteiger partial charge in [0.05, 0.1) is 5.69 Å². The molecule has 2 N–H and O–H groups in total. The Kier molecular flexibility index (Phi) is 3.97. The van der Waals surface area contributed by atoms with Gasteiger partial charge in [-0.2, -0.15) is 0 Å². The van der Waals surface area contributed by atoms with Crippen LogP contribution in [0.25, 0.3) is 0 Å². The van der Waals surface area contributed by atoms with Crippen molar-refractivity contribution in [1.29, 1.82) is 0 Å². The minimum Gasteiger partial charge on any atom is -0.341 e. The number of nitrogens with zero attached hydrogens (tertiary/aromatic N) is 3. The first kappa shape index (κ1) is 12.9. The summed E-state index contributed by atoms with van der Waals surface area (Å²) in [6.07, 6.45) is 11.7. The Balaban J connectivity index is 1.85. The van der Waals surface area contributed by atoms with E-state index in [-0.39, 0.29) is 6.04 Å². The number of fused-ring (bicyclic) bond motifs is 1. The second kappa shape index (κ2) is 5.87. The molecule has 1 unspecified atom stereocenters. The van der Waals surface area contributed by atoms with E-state index < -0.39 is 0 Å². The van der Waals surface area contributed by atoms with Gasteiger partial charge < -0.3 is 10.6 Å². The molecule has 1 fully saturated rings. The van der Waals surface area contributed by atoms with Crippen LogP contribution in [0.3, 0.4) is 0 Å². The van der Waals surface area contributed by atoms with Crippen molar-refractivity contribution in [2.75, 3.05) is 18.0 Å². The summed E-state index contributed by atoms with van der Waals surface area (Å²) < 4.78 is 0. The third-order valence-electron chi connectivity index (χ3n) is 4.35. The lowest BCUT2D eigenvalue weighted by molar-refractivity contribution is 0.614. The summed E-state index contributed by atoms with van der Waals surface area (Å²) in [7, 11) is 0. The molecule has 4 heteroatoms. The van der Waals surface area contributed by atoms with E-state index in [2.05, 4.69) is 9.88 Å². The summed E-state index contributed by atoms with van der Waals surface area (Å²) in [5.74, 6) is 0.926. The van der Waals surface area contributed by atoms with Gasteiger partial charge in [-0.1, -0.05) is 19.3 Å². The molecule has 0 amide bonds. The standard InChI is InChI=1S/C15H24N4/c16-13-7-3-4-8-14-12(13)11-17-15(18-14)19-9-5-1-2-6-10-19/h11,13H,1-10,16H2. The Hall–Kier alpha value is -1.16. The van der Waals surface area contributed by atoms with Gasteiger partial charge in [0.15, 0.2) is 0 Å². The molecule has 3 rings (SSSR count). The molecule has 2 aliphatic rings. The maximum atomic E-state index is 6.21. The van der Waals surface area contributed by atoms with Gasteiger partial charge >= 0.3 is 0 Å². The first-order valence-corrected chi connectivity index (χ1v) is 7.71. The average molecular weight is 260 g/mol. The van der Waals surface area contributed by atoms with Crippen LogP contribution in [0.1, 0.15) is 62.2 Å². The number of hydrogen-bond donors (Lipinski definition) is 1. The maximum absolute atomic E-state index is 6.21. The number of aromatic nitrogens is 2. The Bertz CT molecular complexity index is 424. The van der Waals surface area contributed by atoms with Crippen LogP contribution in [0.5, 0.6) is 0 Å². The average Bonchev–Trinajstić information content (AvgIpc) is 2.80. The zero-order valence-electron chi connectivity index (χ0n) is 11.6. The number of anilines is 1. The molecule has 1 aliphatic carbocycles.